The van der Waals surface area contributed by atoms with Crippen LogP contribution in [-0.2, 0) is 20.9 Å². The first-order valence-corrected chi connectivity index (χ1v) is 15.8. The molecule has 0 unspecified atom stereocenters. The van der Waals surface area contributed by atoms with Crippen LogP contribution in [0.15, 0.2) is 60.8 Å². The number of carbonyl (C=O) groups excluding carboxylic acids is 4. The van der Waals surface area contributed by atoms with Crippen LogP contribution >= 0.6 is 0 Å². The summed E-state index contributed by atoms with van der Waals surface area (Å²) in [5.74, 6) is -3.25. The van der Waals surface area contributed by atoms with E-state index in [1.807, 2.05) is 51.2 Å². The molecule has 2 heterocycles. The van der Waals surface area contributed by atoms with Crippen molar-refractivity contribution >= 4 is 29.3 Å². The number of benzene rings is 2. The minimum atomic E-state index is -1.04. The molecule has 2 aromatic carbocycles. The van der Waals surface area contributed by atoms with Gasteiger partial charge in [0, 0.05) is 57.2 Å². The van der Waals surface area contributed by atoms with Crippen LogP contribution in [0.3, 0.4) is 0 Å². The van der Waals surface area contributed by atoms with E-state index in [2.05, 4.69) is 25.9 Å². The van der Waals surface area contributed by atoms with Gasteiger partial charge in [0.05, 0.1) is 5.69 Å². The Morgan fingerprint density at radius 3 is 2.17 bits per heavy atom. The van der Waals surface area contributed by atoms with Crippen LogP contribution in [0.25, 0.3) is 0 Å². The summed E-state index contributed by atoms with van der Waals surface area (Å²) in [6.45, 7) is 10.2. The molecule has 3 N–H and O–H groups in total. The second-order valence-electron chi connectivity index (χ2n) is 11.7. The van der Waals surface area contributed by atoms with Crippen LogP contribution in [0.5, 0.6) is 0 Å². The average molecular weight is 634 g/mol. The van der Waals surface area contributed by atoms with Gasteiger partial charge in [-0.25, -0.2) is 4.39 Å². The molecule has 1 aliphatic heterocycles. The highest BCUT2D eigenvalue weighted by Gasteiger charge is 2.34. The molecule has 1 aliphatic rings. The van der Waals surface area contributed by atoms with Gasteiger partial charge >= 0.3 is 0 Å². The Labute approximate surface area is 269 Å². The molecule has 1 saturated heterocycles. The van der Waals surface area contributed by atoms with Gasteiger partial charge in [-0.2, -0.15) is 5.10 Å². The van der Waals surface area contributed by atoms with Crippen molar-refractivity contribution in [2.24, 2.45) is 0 Å². The van der Waals surface area contributed by atoms with E-state index in [0.29, 0.717) is 30.9 Å². The number of carbonyl (C=O) groups is 4. The fraction of sp³-hybridized carbons (Fsp3) is 0.441. The van der Waals surface area contributed by atoms with Gasteiger partial charge in [0.2, 0.25) is 17.7 Å². The van der Waals surface area contributed by atoms with Gasteiger partial charge in [-0.05, 0) is 43.3 Å². The van der Waals surface area contributed by atoms with Gasteiger partial charge in [0.15, 0.2) is 0 Å². The zero-order chi connectivity index (χ0) is 33.4. The van der Waals surface area contributed by atoms with Crippen molar-refractivity contribution in [3.05, 3.63) is 83.4 Å². The van der Waals surface area contributed by atoms with E-state index in [1.54, 1.807) is 30.9 Å². The lowest BCUT2D eigenvalue weighted by molar-refractivity contribution is -0.138. The normalized spacial score (nSPS) is 16.2. The summed E-state index contributed by atoms with van der Waals surface area (Å²) >= 11 is 0. The van der Waals surface area contributed by atoms with Crippen LogP contribution in [0.2, 0.25) is 0 Å². The SMILES string of the molecule is CCC(=O)N[C@@H](C(=O)N1CCN(C)CC1)[C@@H](C)c1ccc(NC(=O)[C@@H](NC(=O)c2ccnn2CC)[C@H](C)c2ccccc2)c(F)c1. The van der Waals surface area contributed by atoms with Crippen LogP contribution in [0, 0.1) is 5.82 Å². The summed E-state index contributed by atoms with van der Waals surface area (Å²) in [4.78, 5) is 56.7. The molecule has 0 saturated carbocycles. The number of piperazine rings is 1. The number of aromatic nitrogens is 2. The molecular weight excluding hydrogens is 589 g/mol. The van der Waals surface area contributed by atoms with Crippen LogP contribution in [0.1, 0.15) is 67.6 Å². The van der Waals surface area contributed by atoms with E-state index in [1.165, 1.54) is 23.0 Å². The molecule has 0 bridgehead atoms. The van der Waals surface area contributed by atoms with E-state index in [0.717, 1.165) is 18.7 Å². The van der Waals surface area contributed by atoms with Crippen molar-refractivity contribution in [1.29, 1.82) is 0 Å². The number of nitrogens with zero attached hydrogens (tertiary/aromatic N) is 4. The van der Waals surface area contributed by atoms with Crippen molar-refractivity contribution in [3.63, 3.8) is 0 Å². The van der Waals surface area contributed by atoms with Gasteiger partial charge in [0.1, 0.15) is 23.6 Å². The number of halogens is 1. The molecule has 1 aromatic heterocycles. The predicted octanol–water partition coefficient (Wildman–Crippen LogP) is 3.36. The number of rotatable bonds is 12. The molecule has 4 atom stereocenters. The minimum Gasteiger partial charge on any atom is -0.344 e. The lowest BCUT2D eigenvalue weighted by atomic mass is 9.91. The number of aryl methyl sites for hydroxylation is 1. The molecule has 46 heavy (non-hydrogen) atoms. The highest BCUT2D eigenvalue weighted by Crippen LogP contribution is 2.27. The lowest BCUT2D eigenvalue weighted by Gasteiger charge is -2.36. The summed E-state index contributed by atoms with van der Waals surface area (Å²) in [6, 6.07) is 13.3. The quantitative estimate of drug-likeness (QED) is 0.281. The Balaban J connectivity index is 1.55. The number of anilines is 1. The largest absolute Gasteiger partial charge is 0.344 e. The summed E-state index contributed by atoms with van der Waals surface area (Å²) < 4.78 is 17.2. The third kappa shape index (κ3) is 8.16. The Morgan fingerprint density at radius 1 is 0.870 bits per heavy atom. The molecule has 0 radical (unpaired) electrons. The van der Waals surface area contributed by atoms with Gasteiger partial charge in [-0.1, -0.05) is 57.2 Å². The number of likely N-dealkylation sites (N-methyl/N-ethyl adjacent to an activating group) is 1. The maximum atomic E-state index is 15.6. The van der Waals surface area contributed by atoms with Gasteiger partial charge in [-0.3, -0.25) is 23.9 Å². The van der Waals surface area contributed by atoms with E-state index < -0.39 is 41.6 Å². The monoisotopic (exact) mass is 633 g/mol. The fourth-order valence-electron chi connectivity index (χ4n) is 5.58. The maximum Gasteiger partial charge on any atom is 0.270 e. The highest BCUT2D eigenvalue weighted by molar-refractivity contribution is 6.01. The molecule has 4 rings (SSSR count). The lowest BCUT2D eigenvalue weighted by Crippen LogP contribution is -2.55. The first kappa shape index (κ1) is 34.3. The van der Waals surface area contributed by atoms with Gasteiger partial charge in [0.25, 0.3) is 5.91 Å². The van der Waals surface area contributed by atoms with Crippen molar-refractivity contribution in [1.82, 2.24) is 30.2 Å². The predicted molar refractivity (Wildman–Crippen MR) is 174 cm³/mol. The Bertz CT molecular complexity index is 1520. The molecule has 4 amide bonds. The maximum absolute atomic E-state index is 15.6. The van der Waals surface area contributed by atoms with E-state index in [-0.39, 0.29) is 23.9 Å². The second kappa shape index (κ2) is 15.6. The van der Waals surface area contributed by atoms with Crippen LogP contribution < -0.4 is 16.0 Å². The van der Waals surface area contributed by atoms with E-state index in [9.17, 15) is 19.2 Å². The Hall–Kier alpha value is -4.58. The first-order valence-electron chi connectivity index (χ1n) is 15.8. The van der Waals surface area contributed by atoms with E-state index in [4.69, 9.17) is 0 Å². The zero-order valence-electron chi connectivity index (χ0n) is 27.1. The van der Waals surface area contributed by atoms with E-state index >= 15 is 4.39 Å². The number of amides is 4. The topological polar surface area (TPSA) is 129 Å². The van der Waals surface area contributed by atoms with Crippen molar-refractivity contribution in [2.75, 3.05) is 38.5 Å². The molecular formula is C34H44FN7O4. The number of hydrogen-bond donors (Lipinski definition) is 3. The molecule has 3 aromatic rings. The number of nitrogens with one attached hydrogen (secondary N) is 3. The third-order valence-corrected chi connectivity index (χ3v) is 8.64. The van der Waals surface area contributed by atoms with Crippen molar-refractivity contribution < 1.29 is 23.6 Å². The summed E-state index contributed by atoms with van der Waals surface area (Å²) in [7, 11) is 1.99. The fourth-order valence-corrected chi connectivity index (χ4v) is 5.58. The second-order valence-corrected chi connectivity index (χ2v) is 11.7. The molecule has 246 valence electrons. The molecule has 0 spiro atoms. The first-order chi connectivity index (χ1) is 22.0. The third-order valence-electron chi connectivity index (χ3n) is 8.64. The van der Waals surface area contributed by atoms with Crippen molar-refractivity contribution in [3.8, 4) is 0 Å². The Morgan fingerprint density at radius 2 is 1.54 bits per heavy atom. The molecule has 12 heteroatoms. The molecule has 11 nitrogen and oxygen atoms in total. The van der Waals surface area contributed by atoms with Gasteiger partial charge in [-0.15, -0.1) is 0 Å². The standard InChI is InChI=1S/C34H44FN7O4/c1-6-29(43)38-31(34(46)41-19-17-40(5)18-20-41)23(4)25-13-14-27(26(35)21-25)37-33(45)30(22(3)24-11-9-8-10-12-24)39-32(44)28-15-16-36-42(28)7-2/h8-16,21-23,30-31H,6-7,17-20H2,1-5H3,(H,37,45)(H,38,43)(H,39,44)/t22-,23+,30+,31-/m1/s1. The van der Waals surface area contributed by atoms with Crippen molar-refractivity contribution in [2.45, 2.75) is 64.6 Å². The molecule has 0 aliphatic carbocycles. The van der Waals surface area contributed by atoms with Crippen LogP contribution in [0.4, 0.5) is 10.1 Å². The average Bonchev–Trinajstić information content (AvgIpc) is 3.56. The minimum absolute atomic E-state index is 0.0707. The summed E-state index contributed by atoms with van der Waals surface area (Å²) in [5, 5.41) is 12.5. The number of hydrogen-bond acceptors (Lipinski definition) is 6. The zero-order valence-corrected chi connectivity index (χ0v) is 27.1. The summed E-state index contributed by atoms with van der Waals surface area (Å²) in [6.07, 6.45) is 1.72. The summed E-state index contributed by atoms with van der Waals surface area (Å²) in [5.41, 5.74) is 1.55. The van der Waals surface area contributed by atoms with Crippen LogP contribution in [-0.4, -0.2) is 88.5 Å². The molecule has 1 fully saturated rings. The highest BCUT2D eigenvalue weighted by atomic mass is 19.1. The smallest absolute Gasteiger partial charge is 0.270 e. The Kier molecular flexibility index (Phi) is 11.6. The van der Waals surface area contributed by atoms with Gasteiger partial charge < -0.3 is 25.8 Å².